The standard InChI is InChI=1S/C11H21N5O2S/c1-2-6-13-19(17,18)15-7-3-10(4-8-15)16-9-5-11(12)14-16/h5,9-10,13H,2-4,6-8H2,1H3,(H2,12,14). The predicted octanol–water partition coefficient (Wildman–Crippen LogP) is 0.347. The molecule has 108 valence electrons. The van der Waals surface area contributed by atoms with Crippen molar-refractivity contribution in [3.05, 3.63) is 12.3 Å². The van der Waals surface area contributed by atoms with Gasteiger partial charge in [0.15, 0.2) is 0 Å². The molecule has 0 amide bonds. The highest BCUT2D eigenvalue weighted by Gasteiger charge is 2.28. The van der Waals surface area contributed by atoms with E-state index in [-0.39, 0.29) is 6.04 Å². The van der Waals surface area contributed by atoms with Crippen molar-refractivity contribution >= 4 is 16.0 Å². The first-order chi connectivity index (χ1) is 9.03. The molecule has 0 aromatic carbocycles. The van der Waals surface area contributed by atoms with Crippen molar-refractivity contribution in [2.45, 2.75) is 32.2 Å². The van der Waals surface area contributed by atoms with Crippen LogP contribution in [0.2, 0.25) is 0 Å². The maximum atomic E-state index is 12.0. The lowest BCUT2D eigenvalue weighted by molar-refractivity contribution is 0.259. The van der Waals surface area contributed by atoms with Crippen LogP contribution in [0.15, 0.2) is 12.3 Å². The second-order valence-corrected chi connectivity index (χ2v) is 6.51. The van der Waals surface area contributed by atoms with Gasteiger partial charge in [-0.25, -0.2) is 4.72 Å². The van der Waals surface area contributed by atoms with Crippen LogP contribution in [-0.4, -0.2) is 42.1 Å². The van der Waals surface area contributed by atoms with Crippen molar-refractivity contribution in [1.82, 2.24) is 18.8 Å². The smallest absolute Gasteiger partial charge is 0.279 e. The molecule has 8 heteroatoms. The Bertz CT molecular complexity index is 505. The van der Waals surface area contributed by atoms with Gasteiger partial charge >= 0.3 is 0 Å². The molecule has 0 radical (unpaired) electrons. The maximum absolute atomic E-state index is 12.0. The van der Waals surface area contributed by atoms with E-state index in [0.29, 0.717) is 25.5 Å². The fourth-order valence-electron chi connectivity index (χ4n) is 2.23. The number of anilines is 1. The summed E-state index contributed by atoms with van der Waals surface area (Å²) in [5, 5.41) is 4.18. The Labute approximate surface area is 113 Å². The molecule has 7 nitrogen and oxygen atoms in total. The average Bonchev–Trinajstić information content (AvgIpc) is 2.83. The number of nitrogens with two attached hydrogens (primary N) is 1. The lowest BCUT2D eigenvalue weighted by Gasteiger charge is -2.31. The number of rotatable bonds is 5. The zero-order valence-corrected chi connectivity index (χ0v) is 11.9. The van der Waals surface area contributed by atoms with Gasteiger partial charge in [-0.05, 0) is 25.3 Å². The van der Waals surface area contributed by atoms with E-state index in [9.17, 15) is 8.42 Å². The second kappa shape index (κ2) is 5.89. The highest BCUT2D eigenvalue weighted by molar-refractivity contribution is 7.87. The maximum Gasteiger partial charge on any atom is 0.279 e. The fraction of sp³-hybridized carbons (Fsp3) is 0.727. The van der Waals surface area contributed by atoms with Crippen LogP contribution in [0.3, 0.4) is 0 Å². The molecule has 1 aliphatic heterocycles. The van der Waals surface area contributed by atoms with Gasteiger partial charge in [0.1, 0.15) is 5.82 Å². The fourth-order valence-corrected chi connectivity index (χ4v) is 3.56. The van der Waals surface area contributed by atoms with Crippen LogP contribution in [0, 0.1) is 0 Å². The summed E-state index contributed by atoms with van der Waals surface area (Å²) < 4.78 is 29.9. The Morgan fingerprint density at radius 2 is 2.16 bits per heavy atom. The molecule has 1 aliphatic rings. The van der Waals surface area contributed by atoms with Crippen molar-refractivity contribution in [3.63, 3.8) is 0 Å². The number of hydrogen-bond donors (Lipinski definition) is 2. The Balaban J connectivity index is 1.92. The van der Waals surface area contributed by atoms with Gasteiger partial charge in [0.05, 0.1) is 6.04 Å². The van der Waals surface area contributed by atoms with Gasteiger partial charge in [-0.1, -0.05) is 6.92 Å². The summed E-state index contributed by atoms with van der Waals surface area (Å²) in [5.41, 5.74) is 5.59. The van der Waals surface area contributed by atoms with Crippen molar-refractivity contribution in [1.29, 1.82) is 0 Å². The van der Waals surface area contributed by atoms with Gasteiger partial charge in [-0.3, -0.25) is 4.68 Å². The molecule has 0 aliphatic carbocycles. The van der Waals surface area contributed by atoms with E-state index in [2.05, 4.69) is 9.82 Å². The third-order valence-corrected chi connectivity index (χ3v) is 4.91. The minimum absolute atomic E-state index is 0.231. The van der Waals surface area contributed by atoms with Gasteiger partial charge < -0.3 is 5.73 Å². The van der Waals surface area contributed by atoms with Gasteiger partial charge in [0.2, 0.25) is 0 Å². The lowest BCUT2D eigenvalue weighted by atomic mass is 10.1. The lowest BCUT2D eigenvalue weighted by Crippen LogP contribution is -2.45. The summed E-state index contributed by atoms with van der Waals surface area (Å²) in [7, 11) is -3.32. The molecule has 0 saturated carbocycles. The first-order valence-corrected chi connectivity index (χ1v) is 8.02. The molecule has 1 saturated heterocycles. The van der Waals surface area contributed by atoms with E-state index in [0.717, 1.165) is 19.3 Å². The SMILES string of the molecule is CCCNS(=O)(=O)N1CCC(n2ccc(N)n2)CC1. The number of hydrogen-bond acceptors (Lipinski definition) is 4. The van der Waals surface area contributed by atoms with Crippen LogP contribution in [0.25, 0.3) is 0 Å². The van der Waals surface area contributed by atoms with E-state index >= 15 is 0 Å². The number of nitrogen functional groups attached to an aromatic ring is 1. The highest BCUT2D eigenvalue weighted by atomic mass is 32.2. The zero-order valence-electron chi connectivity index (χ0n) is 11.1. The van der Waals surface area contributed by atoms with Crippen LogP contribution in [0.5, 0.6) is 0 Å². The van der Waals surface area contributed by atoms with Gasteiger partial charge in [0, 0.05) is 25.8 Å². The van der Waals surface area contributed by atoms with Crippen molar-refractivity contribution in [2.24, 2.45) is 0 Å². The van der Waals surface area contributed by atoms with Gasteiger partial charge in [0.25, 0.3) is 10.2 Å². The van der Waals surface area contributed by atoms with E-state index in [1.807, 2.05) is 17.8 Å². The molecule has 0 spiro atoms. The number of nitrogens with one attached hydrogen (secondary N) is 1. The molecule has 19 heavy (non-hydrogen) atoms. The minimum atomic E-state index is -3.32. The Morgan fingerprint density at radius 3 is 2.68 bits per heavy atom. The quantitative estimate of drug-likeness (QED) is 0.817. The monoisotopic (exact) mass is 287 g/mol. The molecular weight excluding hydrogens is 266 g/mol. The van der Waals surface area contributed by atoms with Crippen molar-refractivity contribution in [2.75, 3.05) is 25.4 Å². The van der Waals surface area contributed by atoms with E-state index < -0.39 is 10.2 Å². The topological polar surface area (TPSA) is 93.2 Å². The van der Waals surface area contributed by atoms with Crippen LogP contribution in [0.4, 0.5) is 5.82 Å². The average molecular weight is 287 g/mol. The Morgan fingerprint density at radius 1 is 1.47 bits per heavy atom. The second-order valence-electron chi connectivity index (χ2n) is 4.75. The molecule has 1 fully saturated rings. The predicted molar refractivity (Wildman–Crippen MR) is 73.7 cm³/mol. The van der Waals surface area contributed by atoms with Crippen LogP contribution >= 0.6 is 0 Å². The summed E-state index contributed by atoms with van der Waals surface area (Å²) in [6.45, 7) is 3.46. The summed E-state index contributed by atoms with van der Waals surface area (Å²) in [6, 6.07) is 1.99. The van der Waals surface area contributed by atoms with Crippen LogP contribution < -0.4 is 10.5 Å². The molecule has 0 atom stereocenters. The van der Waals surface area contributed by atoms with Crippen molar-refractivity contribution < 1.29 is 8.42 Å². The van der Waals surface area contributed by atoms with E-state index in [1.165, 1.54) is 4.31 Å². The number of aromatic nitrogens is 2. The summed E-state index contributed by atoms with van der Waals surface area (Å²) >= 11 is 0. The zero-order chi connectivity index (χ0) is 13.9. The van der Waals surface area contributed by atoms with E-state index in [4.69, 9.17) is 5.73 Å². The van der Waals surface area contributed by atoms with Gasteiger partial charge in [-0.15, -0.1) is 0 Å². The molecule has 0 bridgehead atoms. The molecule has 3 N–H and O–H groups in total. The largest absolute Gasteiger partial charge is 0.382 e. The van der Waals surface area contributed by atoms with Gasteiger partial charge in [-0.2, -0.15) is 17.8 Å². The molecule has 1 aromatic rings. The first-order valence-electron chi connectivity index (χ1n) is 6.58. The highest BCUT2D eigenvalue weighted by Crippen LogP contribution is 2.23. The van der Waals surface area contributed by atoms with Crippen LogP contribution in [-0.2, 0) is 10.2 Å². The first kappa shape index (κ1) is 14.3. The van der Waals surface area contributed by atoms with Crippen molar-refractivity contribution in [3.8, 4) is 0 Å². The summed E-state index contributed by atoms with van der Waals surface area (Å²) in [5.74, 6) is 0.500. The molecule has 0 unspecified atom stereocenters. The molecule has 1 aromatic heterocycles. The molecular formula is C11H21N5O2S. The Hall–Kier alpha value is -1.12. The normalized spacial score (nSPS) is 18.8. The molecule has 2 rings (SSSR count). The number of piperidine rings is 1. The third kappa shape index (κ3) is 3.46. The van der Waals surface area contributed by atoms with E-state index in [1.54, 1.807) is 6.07 Å². The third-order valence-electron chi connectivity index (χ3n) is 3.30. The molecule has 2 heterocycles. The Kier molecular flexibility index (Phi) is 4.43. The number of nitrogens with zero attached hydrogens (tertiary/aromatic N) is 3. The summed E-state index contributed by atoms with van der Waals surface area (Å²) in [6.07, 6.45) is 4.16. The van der Waals surface area contributed by atoms with Crippen LogP contribution in [0.1, 0.15) is 32.2 Å². The summed E-state index contributed by atoms with van der Waals surface area (Å²) in [4.78, 5) is 0. The minimum Gasteiger partial charge on any atom is -0.382 e.